The molecule has 0 amide bonds. The smallest absolute Gasteiger partial charge is 0.306 e. The molecule has 1 atom stereocenters. The summed E-state index contributed by atoms with van der Waals surface area (Å²) < 4.78 is 16.8. The lowest BCUT2D eigenvalue weighted by Crippen LogP contribution is -2.30. The maximum Gasteiger partial charge on any atom is 0.306 e. The minimum Gasteiger partial charge on any atom is -0.462 e. The van der Waals surface area contributed by atoms with Gasteiger partial charge in [0, 0.05) is 19.3 Å². The number of esters is 3. The first kappa shape index (κ1) is 72.3. The molecule has 0 aromatic heterocycles. The molecule has 0 N–H and O–H groups in total. The molecule has 0 bridgehead atoms. The van der Waals surface area contributed by atoms with Crippen LogP contribution in [0.5, 0.6) is 0 Å². The Morgan fingerprint density at radius 1 is 0.273 bits per heavy atom. The fourth-order valence-corrected chi connectivity index (χ4v) is 8.10. The fourth-order valence-electron chi connectivity index (χ4n) is 8.10. The molecule has 0 radical (unpaired) electrons. The van der Waals surface area contributed by atoms with Gasteiger partial charge in [-0.25, -0.2) is 0 Å². The number of rotatable bonds is 55. The van der Waals surface area contributed by atoms with E-state index in [1.54, 1.807) is 0 Å². The van der Waals surface area contributed by atoms with Gasteiger partial charge >= 0.3 is 17.9 Å². The molecular weight excluding hydrogens is 949 g/mol. The van der Waals surface area contributed by atoms with E-state index in [1.165, 1.54) is 57.8 Å². The standard InChI is InChI=1S/C71H114O6/c1-4-7-10-13-16-19-22-24-26-27-28-29-30-31-32-33-34-35-36-37-38-39-40-41-42-43-44-45-46-48-49-52-55-58-61-64-70(73)76-67-68(66-75-69(72)63-60-57-54-51-21-18-15-12-9-6-3)77-71(74)65-62-59-56-53-50-47-25-23-20-17-14-11-8-5-2/h7,10,12,14-17,19,23-26,28-29,31-32,34-35,37-38,40-41,43-44,68H,4-6,8-9,11,13,18,20-22,27,30,33,36,39,42,45-67H2,1-3H3/b10-7-,15-12-,17-14-,19-16-,25-23-,26-24-,29-28-,32-31-,35-34-,38-37-,41-40-,44-43-. The van der Waals surface area contributed by atoms with Crippen LogP contribution in [0.3, 0.4) is 0 Å². The van der Waals surface area contributed by atoms with Crippen LogP contribution in [0.15, 0.2) is 146 Å². The largest absolute Gasteiger partial charge is 0.462 e. The molecule has 0 aliphatic rings. The molecule has 0 aliphatic heterocycles. The molecule has 0 aliphatic carbocycles. The first-order chi connectivity index (χ1) is 38.0. The van der Waals surface area contributed by atoms with E-state index in [0.29, 0.717) is 19.3 Å². The topological polar surface area (TPSA) is 78.9 Å². The van der Waals surface area contributed by atoms with Crippen molar-refractivity contribution in [2.75, 3.05) is 13.2 Å². The SMILES string of the molecule is CC/C=C\C/C=C\C/C=C\C/C=C\C/C=C\C/C=C\C/C=C\C/C=C\C/C=C\CCCCCCCCCC(=O)OCC(COC(=O)CCCCCCC/C=C\CCC)OC(=O)CCCCCCC/C=C\C/C=C\CCCC. The van der Waals surface area contributed by atoms with E-state index in [-0.39, 0.29) is 31.1 Å². The second kappa shape index (κ2) is 63.8. The summed E-state index contributed by atoms with van der Waals surface area (Å²) in [5.41, 5.74) is 0. The van der Waals surface area contributed by atoms with Gasteiger partial charge in [0.25, 0.3) is 0 Å². The van der Waals surface area contributed by atoms with Crippen LogP contribution in [0.1, 0.15) is 265 Å². The normalized spacial score (nSPS) is 13.1. The third-order valence-electron chi connectivity index (χ3n) is 12.8. The number of allylic oxidation sites excluding steroid dienone is 24. The van der Waals surface area contributed by atoms with Gasteiger partial charge in [-0.05, 0) is 135 Å². The van der Waals surface area contributed by atoms with Gasteiger partial charge in [-0.1, -0.05) is 256 Å². The van der Waals surface area contributed by atoms with Crippen molar-refractivity contribution in [1.82, 2.24) is 0 Å². The molecular formula is C71H114O6. The maximum absolute atomic E-state index is 12.8. The number of hydrogen-bond donors (Lipinski definition) is 0. The van der Waals surface area contributed by atoms with Crippen LogP contribution in [0.4, 0.5) is 0 Å². The Bertz CT molecular complexity index is 1700. The second-order valence-corrected chi connectivity index (χ2v) is 20.2. The monoisotopic (exact) mass is 1060 g/mol. The Kier molecular flexibility index (Phi) is 59.9. The van der Waals surface area contributed by atoms with Gasteiger partial charge in [0.15, 0.2) is 6.10 Å². The van der Waals surface area contributed by atoms with Gasteiger partial charge in [0.1, 0.15) is 13.2 Å². The van der Waals surface area contributed by atoms with Crippen molar-refractivity contribution in [3.8, 4) is 0 Å². The molecule has 0 saturated heterocycles. The first-order valence-electron chi connectivity index (χ1n) is 31.3. The molecule has 77 heavy (non-hydrogen) atoms. The third-order valence-corrected chi connectivity index (χ3v) is 12.8. The average Bonchev–Trinajstić information content (AvgIpc) is 3.43. The zero-order chi connectivity index (χ0) is 55.7. The summed E-state index contributed by atoms with van der Waals surface area (Å²) in [6, 6.07) is 0. The minimum atomic E-state index is -0.797. The van der Waals surface area contributed by atoms with Gasteiger partial charge in [-0.15, -0.1) is 0 Å². The second-order valence-electron chi connectivity index (χ2n) is 20.2. The van der Waals surface area contributed by atoms with Crippen molar-refractivity contribution < 1.29 is 28.6 Å². The van der Waals surface area contributed by atoms with E-state index in [4.69, 9.17) is 14.2 Å². The molecule has 0 saturated carbocycles. The predicted octanol–water partition coefficient (Wildman–Crippen LogP) is 21.5. The van der Waals surface area contributed by atoms with E-state index in [1.807, 2.05) is 0 Å². The summed E-state index contributed by atoms with van der Waals surface area (Å²) in [6.07, 6.45) is 91.5. The molecule has 0 aromatic rings. The van der Waals surface area contributed by atoms with Crippen LogP contribution in [-0.4, -0.2) is 37.2 Å². The van der Waals surface area contributed by atoms with Crippen molar-refractivity contribution in [2.24, 2.45) is 0 Å². The zero-order valence-corrected chi connectivity index (χ0v) is 49.7. The van der Waals surface area contributed by atoms with Crippen LogP contribution in [0.25, 0.3) is 0 Å². The molecule has 434 valence electrons. The number of hydrogen-bond acceptors (Lipinski definition) is 6. The van der Waals surface area contributed by atoms with Crippen LogP contribution < -0.4 is 0 Å². The summed E-state index contributed by atoms with van der Waals surface area (Å²) in [6.45, 7) is 6.38. The average molecular weight is 1060 g/mol. The highest BCUT2D eigenvalue weighted by atomic mass is 16.6. The zero-order valence-electron chi connectivity index (χ0n) is 49.7. The lowest BCUT2D eigenvalue weighted by molar-refractivity contribution is -0.167. The summed E-state index contributed by atoms with van der Waals surface area (Å²) in [5, 5.41) is 0. The quantitative estimate of drug-likeness (QED) is 0.0261. The van der Waals surface area contributed by atoms with Gasteiger partial charge in [0.2, 0.25) is 0 Å². The molecule has 0 spiro atoms. The summed E-state index contributed by atoms with van der Waals surface area (Å²) in [4.78, 5) is 38.1. The Labute approximate surface area is 474 Å². The third kappa shape index (κ3) is 62.0. The van der Waals surface area contributed by atoms with Crippen molar-refractivity contribution in [3.05, 3.63) is 146 Å². The first-order valence-corrected chi connectivity index (χ1v) is 31.3. The predicted molar refractivity (Wildman–Crippen MR) is 334 cm³/mol. The Morgan fingerprint density at radius 3 is 0.857 bits per heavy atom. The van der Waals surface area contributed by atoms with Crippen molar-refractivity contribution in [1.29, 1.82) is 0 Å². The molecule has 0 fully saturated rings. The van der Waals surface area contributed by atoms with E-state index >= 15 is 0 Å². The highest BCUT2D eigenvalue weighted by Gasteiger charge is 2.19. The Morgan fingerprint density at radius 2 is 0.532 bits per heavy atom. The summed E-state index contributed by atoms with van der Waals surface area (Å²) in [5.74, 6) is -0.935. The number of carbonyl (C=O) groups is 3. The molecule has 0 aromatic carbocycles. The van der Waals surface area contributed by atoms with Gasteiger partial charge in [-0.2, -0.15) is 0 Å². The lowest BCUT2D eigenvalue weighted by atomic mass is 10.1. The molecule has 0 heterocycles. The Hall–Kier alpha value is -4.71. The number of ether oxygens (including phenoxy) is 3. The summed E-state index contributed by atoms with van der Waals surface area (Å²) in [7, 11) is 0. The van der Waals surface area contributed by atoms with E-state index in [0.717, 1.165) is 167 Å². The van der Waals surface area contributed by atoms with Crippen molar-refractivity contribution in [3.63, 3.8) is 0 Å². The van der Waals surface area contributed by atoms with Crippen LogP contribution in [0.2, 0.25) is 0 Å². The molecule has 1 unspecified atom stereocenters. The van der Waals surface area contributed by atoms with Gasteiger partial charge < -0.3 is 14.2 Å². The minimum absolute atomic E-state index is 0.0953. The highest BCUT2D eigenvalue weighted by Crippen LogP contribution is 2.14. The summed E-state index contributed by atoms with van der Waals surface area (Å²) >= 11 is 0. The lowest BCUT2D eigenvalue weighted by Gasteiger charge is -2.18. The highest BCUT2D eigenvalue weighted by molar-refractivity contribution is 5.71. The van der Waals surface area contributed by atoms with Crippen LogP contribution in [0, 0.1) is 0 Å². The fraction of sp³-hybridized carbons (Fsp3) is 0.620. The number of unbranched alkanes of at least 4 members (excludes halogenated alkanes) is 20. The molecule has 0 rings (SSSR count). The van der Waals surface area contributed by atoms with E-state index < -0.39 is 6.10 Å². The van der Waals surface area contributed by atoms with E-state index in [9.17, 15) is 14.4 Å². The van der Waals surface area contributed by atoms with E-state index in [2.05, 4.69) is 167 Å². The van der Waals surface area contributed by atoms with Crippen molar-refractivity contribution >= 4 is 17.9 Å². The van der Waals surface area contributed by atoms with Crippen molar-refractivity contribution in [2.45, 2.75) is 271 Å². The number of carbonyl (C=O) groups excluding carboxylic acids is 3. The maximum atomic E-state index is 12.8. The Balaban J connectivity index is 4.22. The van der Waals surface area contributed by atoms with Gasteiger partial charge in [-0.3, -0.25) is 14.4 Å². The van der Waals surface area contributed by atoms with Crippen LogP contribution >= 0.6 is 0 Å². The molecule has 6 nitrogen and oxygen atoms in total. The van der Waals surface area contributed by atoms with Gasteiger partial charge in [0.05, 0.1) is 0 Å². The van der Waals surface area contributed by atoms with Crippen LogP contribution in [-0.2, 0) is 28.6 Å². The molecule has 6 heteroatoms.